The Morgan fingerprint density at radius 3 is 2.56 bits per heavy atom. The number of aliphatic hydroxyl groups is 1. The lowest BCUT2D eigenvalue weighted by atomic mass is 9.83. The molecule has 2 aliphatic rings. The Kier molecular flexibility index (Phi) is 3.37. The molecule has 0 amide bonds. The summed E-state index contributed by atoms with van der Waals surface area (Å²) in [6.07, 6.45) is 7.49. The van der Waals surface area contributed by atoms with E-state index in [4.69, 9.17) is 4.52 Å². The van der Waals surface area contributed by atoms with Crippen molar-refractivity contribution in [2.24, 2.45) is 5.92 Å². The number of rotatable bonds is 2. The number of aliphatic hydroxyl groups excluding tert-OH is 1. The van der Waals surface area contributed by atoms with Crippen molar-refractivity contribution in [1.29, 1.82) is 0 Å². The van der Waals surface area contributed by atoms with E-state index in [1.165, 1.54) is 25.7 Å². The maximum atomic E-state index is 9.87. The second-order valence-electron chi connectivity index (χ2n) is 6.05. The smallest absolute Gasteiger partial charge is 0.232 e. The lowest BCUT2D eigenvalue weighted by Crippen LogP contribution is -2.13. The van der Waals surface area contributed by atoms with Crippen LogP contribution in [0.1, 0.15) is 75.4 Å². The predicted octanol–water partition coefficient (Wildman–Crippen LogP) is 2.99. The van der Waals surface area contributed by atoms with Gasteiger partial charge in [0, 0.05) is 5.92 Å². The fraction of sp³-hybridized carbons (Fsp3) is 0.857. The van der Waals surface area contributed by atoms with Gasteiger partial charge in [0.1, 0.15) is 0 Å². The van der Waals surface area contributed by atoms with E-state index in [1.807, 2.05) is 0 Å². The highest BCUT2D eigenvalue weighted by atomic mass is 16.5. The minimum atomic E-state index is -0.287. The van der Waals surface area contributed by atoms with Crippen LogP contribution in [0, 0.1) is 5.92 Å². The molecule has 0 radical (unpaired) electrons. The average Bonchev–Trinajstić information content (AvgIpc) is 2.98. The van der Waals surface area contributed by atoms with Gasteiger partial charge >= 0.3 is 0 Å². The third-order valence-corrected chi connectivity index (χ3v) is 4.64. The molecule has 2 saturated carbocycles. The number of hydrogen-bond donors (Lipinski definition) is 1. The highest BCUT2D eigenvalue weighted by Crippen LogP contribution is 2.37. The van der Waals surface area contributed by atoms with Crippen molar-refractivity contribution in [3.8, 4) is 0 Å². The zero-order valence-electron chi connectivity index (χ0n) is 11.0. The van der Waals surface area contributed by atoms with Gasteiger partial charge in [0.15, 0.2) is 5.82 Å². The minimum absolute atomic E-state index is 0.0776. The fourth-order valence-electron chi connectivity index (χ4n) is 3.31. The van der Waals surface area contributed by atoms with Crippen LogP contribution in [-0.4, -0.2) is 21.4 Å². The van der Waals surface area contributed by atoms with Gasteiger partial charge in [0.05, 0.1) is 12.0 Å². The van der Waals surface area contributed by atoms with Crippen molar-refractivity contribution in [3.05, 3.63) is 11.7 Å². The quantitative estimate of drug-likeness (QED) is 0.876. The van der Waals surface area contributed by atoms with Gasteiger partial charge in [-0.05, 0) is 38.0 Å². The number of nitrogens with zero attached hydrogens (tertiary/aromatic N) is 2. The molecule has 1 aromatic rings. The summed E-state index contributed by atoms with van der Waals surface area (Å²) in [6.45, 7) is 2.31. The molecule has 1 N–H and O–H groups in total. The summed E-state index contributed by atoms with van der Waals surface area (Å²) in [5, 5.41) is 14.0. The highest BCUT2D eigenvalue weighted by molar-refractivity contribution is 5.04. The molecule has 18 heavy (non-hydrogen) atoms. The van der Waals surface area contributed by atoms with E-state index in [1.54, 1.807) is 0 Å². The number of hydrogen-bond acceptors (Lipinski definition) is 4. The van der Waals surface area contributed by atoms with Crippen LogP contribution in [0.15, 0.2) is 4.52 Å². The second kappa shape index (κ2) is 5.00. The van der Waals surface area contributed by atoms with E-state index >= 15 is 0 Å². The van der Waals surface area contributed by atoms with Crippen molar-refractivity contribution in [3.63, 3.8) is 0 Å². The predicted molar refractivity (Wildman–Crippen MR) is 67.3 cm³/mol. The van der Waals surface area contributed by atoms with Gasteiger partial charge in [-0.2, -0.15) is 4.98 Å². The van der Waals surface area contributed by atoms with Gasteiger partial charge in [0.25, 0.3) is 0 Å². The van der Waals surface area contributed by atoms with Gasteiger partial charge < -0.3 is 9.63 Å². The lowest BCUT2D eigenvalue weighted by Gasteiger charge is -2.23. The van der Waals surface area contributed by atoms with Crippen LogP contribution in [0.5, 0.6) is 0 Å². The molecule has 0 spiro atoms. The van der Waals surface area contributed by atoms with Crippen LogP contribution in [0.2, 0.25) is 0 Å². The molecule has 3 rings (SSSR count). The zero-order chi connectivity index (χ0) is 12.5. The first-order chi connectivity index (χ1) is 8.74. The average molecular weight is 250 g/mol. The third-order valence-electron chi connectivity index (χ3n) is 4.64. The monoisotopic (exact) mass is 250 g/mol. The maximum Gasteiger partial charge on any atom is 0.232 e. The molecule has 2 aliphatic carbocycles. The van der Waals surface area contributed by atoms with E-state index < -0.39 is 0 Å². The summed E-state index contributed by atoms with van der Waals surface area (Å²) >= 11 is 0. The molecule has 1 heterocycles. The fourth-order valence-corrected chi connectivity index (χ4v) is 3.31. The summed E-state index contributed by atoms with van der Waals surface area (Å²) < 4.78 is 5.38. The maximum absolute atomic E-state index is 9.87. The summed E-state index contributed by atoms with van der Waals surface area (Å²) in [7, 11) is 0. The first-order valence-electron chi connectivity index (χ1n) is 7.25. The molecule has 2 unspecified atom stereocenters. The Balaban J connectivity index is 1.69. The van der Waals surface area contributed by atoms with Crippen molar-refractivity contribution in [2.45, 2.75) is 69.8 Å². The molecule has 2 atom stereocenters. The van der Waals surface area contributed by atoms with E-state index in [0.29, 0.717) is 11.8 Å². The van der Waals surface area contributed by atoms with Crippen molar-refractivity contribution >= 4 is 0 Å². The molecule has 2 fully saturated rings. The van der Waals surface area contributed by atoms with Crippen molar-refractivity contribution in [2.75, 3.05) is 0 Å². The molecule has 100 valence electrons. The van der Waals surface area contributed by atoms with Gasteiger partial charge in [-0.1, -0.05) is 24.9 Å². The Morgan fingerprint density at radius 2 is 1.89 bits per heavy atom. The van der Waals surface area contributed by atoms with Crippen molar-refractivity contribution in [1.82, 2.24) is 10.1 Å². The Labute approximate surface area is 108 Å². The van der Waals surface area contributed by atoms with E-state index in [-0.39, 0.29) is 12.0 Å². The lowest BCUT2D eigenvalue weighted by molar-refractivity contribution is 0.148. The van der Waals surface area contributed by atoms with Gasteiger partial charge in [0.2, 0.25) is 5.89 Å². The second-order valence-corrected chi connectivity index (χ2v) is 6.05. The molecule has 4 nitrogen and oxygen atoms in total. The summed E-state index contributed by atoms with van der Waals surface area (Å²) in [5.74, 6) is 2.92. The van der Waals surface area contributed by atoms with Gasteiger partial charge in [-0.3, -0.25) is 0 Å². The molecular weight excluding hydrogens is 228 g/mol. The van der Waals surface area contributed by atoms with Crippen LogP contribution >= 0.6 is 0 Å². The van der Waals surface area contributed by atoms with E-state index in [0.717, 1.165) is 31.0 Å². The molecule has 0 saturated heterocycles. The summed E-state index contributed by atoms with van der Waals surface area (Å²) in [4.78, 5) is 4.55. The zero-order valence-corrected chi connectivity index (χ0v) is 11.0. The normalized spacial score (nSPS) is 37.0. The van der Waals surface area contributed by atoms with Crippen LogP contribution < -0.4 is 0 Å². The molecular formula is C14H22N2O2. The molecule has 1 aromatic heterocycles. The van der Waals surface area contributed by atoms with Crippen LogP contribution in [0.4, 0.5) is 0 Å². The first kappa shape index (κ1) is 12.2. The molecule has 0 aliphatic heterocycles. The Morgan fingerprint density at radius 1 is 1.11 bits per heavy atom. The van der Waals surface area contributed by atoms with E-state index in [2.05, 4.69) is 17.1 Å². The van der Waals surface area contributed by atoms with Crippen LogP contribution in [0.25, 0.3) is 0 Å². The SMILES string of the molecule is CC1CCC(c2noc(C3CCCC3O)n2)CC1. The molecule has 0 aromatic carbocycles. The highest BCUT2D eigenvalue weighted by Gasteiger charge is 2.32. The molecule has 0 bridgehead atoms. The van der Waals surface area contributed by atoms with Gasteiger partial charge in [-0.25, -0.2) is 0 Å². The standard InChI is InChI=1S/C14H22N2O2/c1-9-5-7-10(8-6-9)13-15-14(18-16-13)11-3-2-4-12(11)17/h9-12,17H,2-8H2,1H3. The van der Waals surface area contributed by atoms with Crippen LogP contribution in [0.3, 0.4) is 0 Å². The Bertz CT molecular complexity index is 396. The number of aromatic nitrogens is 2. The Hall–Kier alpha value is -0.900. The summed E-state index contributed by atoms with van der Waals surface area (Å²) in [6, 6.07) is 0. The molecule has 4 heteroatoms. The largest absolute Gasteiger partial charge is 0.392 e. The van der Waals surface area contributed by atoms with Crippen LogP contribution in [-0.2, 0) is 0 Å². The van der Waals surface area contributed by atoms with Gasteiger partial charge in [-0.15, -0.1) is 0 Å². The van der Waals surface area contributed by atoms with E-state index in [9.17, 15) is 5.11 Å². The van der Waals surface area contributed by atoms with Crippen molar-refractivity contribution < 1.29 is 9.63 Å². The first-order valence-corrected chi connectivity index (χ1v) is 7.25. The summed E-state index contributed by atoms with van der Waals surface area (Å²) in [5.41, 5.74) is 0. The minimum Gasteiger partial charge on any atom is -0.392 e. The third kappa shape index (κ3) is 2.30. The topological polar surface area (TPSA) is 59.2 Å².